The molecular weight excluding hydrogens is 354 g/mol. The van der Waals surface area contributed by atoms with Crippen LogP contribution in [0.15, 0.2) is 18.6 Å². The standard InChI is InChI=1S/C16H23N7O2S/c1-12(10-13-11-17-3-4-18-13)19-15(24)20-16-22-21-14(26-16)2-5-23-6-8-25-9-7-23/h3-4,11-12H,2,5-10H2,1H3,(H2,19,20,22,24)/t12-/m1/s1. The molecule has 1 aliphatic rings. The van der Waals surface area contributed by atoms with Crippen molar-refractivity contribution in [1.82, 2.24) is 30.4 Å². The van der Waals surface area contributed by atoms with E-state index in [4.69, 9.17) is 4.74 Å². The summed E-state index contributed by atoms with van der Waals surface area (Å²) in [6.07, 6.45) is 6.40. The fourth-order valence-electron chi connectivity index (χ4n) is 2.64. The zero-order chi connectivity index (χ0) is 18.2. The summed E-state index contributed by atoms with van der Waals surface area (Å²) >= 11 is 1.41. The summed E-state index contributed by atoms with van der Waals surface area (Å²) < 4.78 is 5.34. The molecule has 26 heavy (non-hydrogen) atoms. The van der Waals surface area contributed by atoms with Gasteiger partial charge in [-0.25, -0.2) is 4.79 Å². The second-order valence-corrected chi connectivity index (χ2v) is 7.17. The van der Waals surface area contributed by atoms with Crippen molar-refractivity contribution in [3.8, 4) is 0 Å². The first-order valence-corrected chi connectivity index (χ1v) is 9.45. The number of nitrogens with one attached hydrogen (secondary N) is 2. The number of anilines is 1. The van der Waals surface area contributed by atoms with Gasteiger partial charge in [-0.05, 0) is 6.92 Å². The van der Waals surface area contributed by atoms with Crippen LogP contribution in [0.4, 0.5) is 9.93 Å². The molecule has 2 aromatic heterocycles. The highest BCUT2D eigenvalue weighted by molar-refractivity contribution is 7.15. The molecule has 10 heteroatoms. The molecule has 9 nitrogen and oxygen atoms in total. The number of morpholine rings is 1. The van der Waals surface area contributed by atoms with Crippen LogP contribution >= 0.6 is 11.3 Å². The van der Waals surface area contributed by atoms with Gasteiger partial charge in [0, 0.05) is 57.1 Å². The smallest absolute Gasteiger partial charge is 0.321 e. The van der Waals surface area contributed by atoms with Crippen LogP contribution < -0.4 is 10.6 Å². The first-order valence-electron chi connectivity index (χ1n) is 8.64. The maximum atomic E-state index is 12.1. The van der Waals surface area contributed by atoms with Gasteiger partial charge in [0.05, 0.1) is 18.9 Å². The van der Waals surface area contributed by atoms with Crippen LogP contribution in [0.25, 0.3) is 0 Å². The monoisotopic (exact) mass is 377 g/mol. The maximum absolute atomic E-state index is 12.1. The molecule has 2 N–H and O–H groups in total. The lowest BCUT2D eigenvalue weighted by atomic mass is 10.2. The van der Waals surface area contributed by atoms with Gasteiger partial charge in [-0.3, -0.25) is 20.2 Å². The third-order valence-electron chi connectivity index (χ3n) is 3.94. The third-order valence-corrected chi connectivity index (χ3v) is 4.84. The SMILES string of the molecule is C[C@H](Cc1cnccn1)NC(=O)Nc1nnc(CCN2CCOCC2)s1. The van der Waals surface area contributed by atoms with Crippen molar-refractivity contribution in [2.24, 2.45) is 0 Å². The average Bonchev–Trinajstić information content (AvgIpc) is 3.08. The predicted molar refractivity (Wildman–Crippen MR) is 98.2 cm³/mol. The number of rotatable bonds is 7. The van der Waals surface area contributed by atoms with E-state index >= 15 is 0 Å². The number of hydrogen-bond donors (Lipinski definition) is 2. The number of carbonyl (C=O) groups excluding carboxylic acids is 1. The summed E-state index contributed by atoms with van der Waals surface area (Å²) in [7, 11) is 0. The first kappa shape index (κ1) is 18.6. The molecule has 2 amide bonds. The summed E-state index contributed by atoms with van der Waals surface area (Å²) in [6.45, 7) is 6.33. The second kappa shape index (κ2) is 9.51. The van der Waals surface area contributed by atoms with E-state index in [2.05, 4.69) is 35.7 Å². The van der Waals surface area contributed by atoms with Crippen LogP contribution in [0.2, 0.25) is 0 Å². The highest BCUT2D eigenvalue weighted by Gasteiger charge is 2.14. The van der Waals surface area contributed by atoms with E-state index in [0.29, 0.717) is 11.6 Å². The van der Waals surface area contributed by atoms with Crippen LogP contribution in [-0.2, 0) is 17.6 Å². The average molecular weight is 377 g/mol. The summed E-state index contributed by atoms with van der Waals surface area (Å²) in [5, 5.41) is 15.2. The number of ether oxygens (including phenoxy) is 1. The van der Waals surface area contributed by atoms with Gasteiger partial charge in [0.2, 0.25) is 5.13 Å². The molecule has 1 atom stereocenters. The number of hydrogen-bond acceptors (Lipinski definition) is 8. The topological polar surface area (TPSA) is 105 Å². The molecule has 0 spiro atoms. The van der Waals surface area contributed by atoms with Crippen molar-refractivity contribution in [2.75, 3.05) is 38.2 Å². The van der Waals surface area contributed by atoms with Crippen molar-refractivity contribution >= 4 is 22.5 Å². The fraction of sp³-hybridized carbons (Fsp3) is 0.562. The second-order valence-electron chi connectivity index (χ2n) is 6.11. The van der Waals surface area contributed by atoms with Crippen molar-refractivity contribution in [3.05, 3.63) is 29.3 Å². The number of aromatic nitrogens is 4. The van der Waals surface area contributed by atoms with Crippen LogP contribution in [-0.4, -0.2) is 70.0 Å². The van der Waals surface area contributed by atoms with Crippen LogP contribution in [0.1, 0.15) is 17.6 Å². The Bertz CT molecular complexity index is 691. The number of nitrogens with zero attached hydrogens (tertiary/aromatic N) is 5. The van der Waals surface area contributed by atoms with Gasteiger partial charge in [-0.2, -0.15) is 0 Å². The Morgan fingerprint density at radius 3 is 2.96 bits per heavy atom. The van der Waals surface area contributed by atoms with E-state index in [1.807, 2.05) is 6.92 Å². The predicted octanol–water partition coefficient (Wildman–Crippen LogP) is 0.955. The van der Waals surface area contributed by atoms with Crippen LogP contribution in [0.3, 0.4) is 0 Å². The summed E-state index contributed by atoms with van der Waals surface area (Å²) in [5.41, 5.74) is 0.835. The molecular formula is C16H23N7O2S. The highest BCUT2D eigenvalue weighted by Crippen LogP contribution is 2.16. The van der Waals surface area contributed by atoms with E-state index in [-0.39, 0.29) is 12.1 Å². The molecule has 3 rings (SSSR count). The molecule has 0 unspecified atom stereocenters. The van der Waals surface area contributed by atoms with E-state index in [1.54, 1.807) is 18.6 Å². The number of carbonyl (C=O) groups is 1. The Morgan fingerprint density at radius 1 is 1.35 bits per heavy atom. The molecule has 3 heterocycles. The third kappa shape index (κ3) is 5.97. The van der Waals surface area contributed by atoms with Gasteiger partial charge >= 0.3 is 6.03 Å². The Kier molecular flexibility index (Phi) is 6.81. The van der Waals surface area contributed by atoms with Gasteiger partial charge < -0.3 is 10.1 Å². The van der Waals surface area contributed by atoms with E-state index in [9.17, 15) is 4.79 Å². The van der Waals surface area contributed by atoms with Crippen molar-refractivity contribution in [2.45, 2.75) is 25.8 Å². The van der Waals surface area contributed by atoms with Crippen molar-refractivity contribution in [1.29, 1.82) is 0 Å². The Morgan fingerprint density at radius 2 is 2.19 bits per heavy atom. The quantitative estimate of drug-likeness (QED) is 0.740. The van der Waals surface area contributed by atoms with Gasteiger partial charge in [0.15, 0.2) is 0 Å². The van der Waals surface area contributed by atoms with Gasteiger partial charge in [-0.1, -0.05) is 11.3 Å². The summed E-state index contributed by atoms with van der Waals surface area (Å²) in [6, 6.07) is -0.363. The van der Waals surface area contributed by atoms with Gasteiger partial charge in [-0.15, -0.1) is 10.2 Å². The lowest BCUT2D eigenvalue weighted by Gasteiger charge is -2.25. The van der Waals surface area contributed by atoms with Gasteiger partial charge in [0.25, 0.3) is 0 Å². The molecule has 1 aliphatic heterocycles. The Labute approximate surface area is 156 Å². The minimum atomic E-state index is -0.294. The molecule has 0 aliphatic carbocycles. The van der Waals surface area contributed by atoms with E-state index in [0.717, 1.165) is 50.0 Å². The van der Waals surface area contributed by atoms with Crippen LogP contribution in [0.5, 0.6) is 0 Å². The van der Waals surface area contributed by atoms with Crippen LogP contribution in [0, 0.1) is 0 Å². The molecule has 2 aromatic rings. The maximum Gasteiger partial charge on any atom is 0.321 e. The Balaban J connectivity index is 1.40. The molecule has 1 fully saturated rings. The number of urea groups is 1. The molecule has 1 saturated heterocycles. The van der Waals surface area contributed by atoms with Gasteiger partial charge in [0.1, 0.15) is 5.01 Å². The minimum absolute atomic E-state index is 0.0691. The molecule has 140 valence electrons. The lowest BCUT2D eigenvalue weighted by Crippen LogP contribution is -2.37. The largest absolute Gasteiger partial charge is 0.379 e. The summed E-state index contributed by atoms with van der Waals surface area (Å²) in [5.74, 6) is 0. The minimum Gasteiger partial charge on any atom is -0.379 e. The highest BCUT2D eigenvalue weighted by atomic mass is 32.1. The Hall–Kier alpha value is -2.17. The fourth-order valence-corrected chi connectivity index (χ4v) is 3.36. The zero-order valence-electron chi connectivity index (χ0n) is 14.7. The molecule has 0 radical (unpaired) electrons. The molecule has 0 bridgehead atoms. The summed E-state index contributed by atoms with van der Waals surface area (Å²) in [4.78, 5) is 22.7. The first-order chi connectivity index (χ1) is 12.7. The zero-order valence-corrected chi connectivity index (χ0v) is 15.5. The normalized spacial score (nSPS) is 16.2. The molecule has 0 aromatic carbocycles. The van der Waals surface area contributed by atoms with Crippen molar-refractivity contribution in [3.63, 3.8) is 0 Å². The van der Waals surface area contributed by atoms with Crippen molar-refractivity contribution < 1.29 is 9.53 Å². The molecule has 0 saturated carbocycles. The van der Waals surface area contributed by atoms with E-state index < -0.39 is 0 Å². The van der Waals surface area contributed by atoms with E-state index in [1.165, 1.54) is 11.3 Å². The number of amides is 2. The lowest BCUT2D eigenvalue weighted by molar-refractivity contribution is 0.0384.